The Labute approximate surface area is 343 Å². The van der Waals surface area contributed by atoms with E-state index in [-0.39, 0.29) is 25.5 Å². The maximum atomic E-state index is 6.48. The summed E-state index contributed by atoms with van der Waals surface area (Å²) in [4.78, 5) is 14.2. The van der Waals surface area contributed by atoms with Crippen molar-refractivity contribution in [3.05, 3.63) is 137 Å². The number of fused-ring (bicyclic) bond motifs is 5. The van der Waals surface area contributed by atoms with Gasteiger partial charge in [0.25, 0.3) is 0 Å². The Morgan fingerprint density at radius 1 is 0.764 bits per heavy atom. The normalized spacial score (nSPS) is 11.9. The molecule has 283 valence electrons. The van der Waals surface area contributed by atoms with Crippen LogP contribution in [0.4, 0.5) is 0 Å². The van der Waals surface area contributed by atoms with Gasteiger partial charge in [-0.3, -0.25) is 0 Å². The van der Waals surface area contributed by atoms with Gasteiger partial charge in [0.2, 0.25) is 0 Å². The minimum absolute atomic E-state index is 0. The fraction of sp³-hybridized carbons (Fsp3) is 0.286. The van der Waals surface area contributed by atoms with Crippen molar-refractivity contribution >= 4 is 43.5 Å². The quantitative estimate of drug-likeness (QED) is 0.161. The Balaban J connectivity index is 0.000000188. The number of aromatic nitrogens is 3. The van der Waals surface area contributed by atoms with Crippen molar-refractivity contribution in [2.24, 2.45) is 5.41 Å². The largest absolute Gasteiger partial charge is 0.498 e. The van der Waals surface area contributed by atoms with Crippen LogP contribution in [-0.2, 0) is 31.9 Å². The number of pyridine rings is 2. The smallest absolute Gasteiger partial charge is 0.148 e. The van der Waals surface area contributed by atoms with Gasteiger partial charge in [-0.25, -0.2) is 4.98 Å². The van der Waals surface area contributed by atoms with Crippen molar-refractivity contribution in [2.75, 3.05) is 0 Å². The van der Waals surface area contributed by atoms with E-state index in [0.717, 1.165) is 66.1 Å². The van der Waals surface area contributed by atoms with E-state index in [4.69, 9.17) is 14.4 Å². The predicted octanol–water partition coefficient (Wildman–Crippen LogP) is 13.9. The van der Waals surface area contributed by atoms with Gasteiger partial charge in [0.1, 0.15) is 11.1 Å². The van der Waals surface area contributed by atoms with Crippen LogP contribution in [0.15, 0.2) is 102 Å². The first-order valence-electron chi connectivity index (χ1n) is 18.8. The molecule has 0 aliphatic rings. The molecule has 0 aliphatic heterocycles. The van der Waals surface area contributed by atoms with Crippen molar-refractivity contribution in [2.45, 2.75) is 87.0 Å². The minimum atomic E-state index is 0. The molecule has 6 heteroatoms. The van der Waals surface area contributed by atoms with Gasteiger partial charge in [0.05, 0.1) is 15.3 Å². The van der Waals surface area contributed by atoms with Crippen molar-refractivity contribution < 1.29 is 24.5 Å². The monoisotopic (exact) mass is 920 g/mol. The molecule has 0 amide bonds. The minimum Gasteiger partial charge on any atom is -0.498 e. The number of thiazole rings is 1. The molecule has 8 rings (SSSR count). The van der Waals surface area contributed by atoms with Crippen LogP contribution in [0.1, 0.15) is 88.6 Å². The molecule has 0 spiro atoms. The third-order valence-corrected chi connectivity index (χ3v) is 11.1. The SMILES string of the molecule is Cc1c[c-]c(-c2cc(-c3ccc(CC(C)(C)C)cc3)ccn2)cc1.Cc1cnc(-c2[c-]ccc3c2oc2c3ccc3sc(C(C)(C)C)nc32)cc1C(C)C.[Ir]. The zero-order valence-electron chi connectivity index (χ0n) is 33.5. The van der Waals surface area contributed by atoms with E-state index < -0.39 is 0 Å². The first-order valence-corrected chi connectivity index (χ1v) is 19.6. The van der Waals surface area contributed by atoms with E-state index >= 15 is 0 Å². The van der Waals surface area contributed by atoms with Crippen LogP contribution in [0, 0.1) is 31.4 Å². The van der Waals surface area contributed by atoms with E-state index in [1.807, 2.05) is 24.5 Å². The number of rotatable bonds is 5. The average Bonchev–Trinajstić information content (AvgIpc) is 3.75. The predicted molar refractivity (Wildman–Crippen MR) is 228 cm³/mol. The maximum Gasteiger partial charge on any atom is 0.148 e. The van der Waals surface area contributed by atoms with E-state index in [1.165, 1.54) is 33.4 Å². The van der Waals surface area contributed by atoms with Crippen molar-refractivity contribution in [3.8, 4) is 33.6 Å². The molecule has 4 heterocycles. The number of aryl methyl sites for hydroxylation is 2. The van der Waals surface area contributed by atoms with E-state index in [1.54, 1.807) is 11.3 Å². The van der Waals surface area contributed by atoms with Gasteiger partial charge in [0, 0.05) is 43.3 Å². The number of furan rings is 1. The molecule has 0 aliphatic carbocycles. The second-order valence-corrected chi connectivity index (χ2v) is 18.0. The molecule has 0 atom stereocenters. The van der Waals surface area contributed by atoms with E-state index in [2.05, 4.69) is 159 Å². The molecule has 0 saturated carbocycles. The summed E-state index contributed by atoms with van der Waals surface area (Å²) in [5, 5.41) is 3.30. The van der Waals surface area contributed by atoms with Gasteiger partial charge in [-0.2, -0.15) is 0 Å². The Morgan fingerprint density at radius 3 is 2.18 bits per heavy atom. The number of hydrogen-bond donors (Lipinski definition) is 0. The molecule has 55 heavy (non-hydrogen) atoms. The van der Waals surface area contributed by atoms with Gasteiger partial charge in [0.15, 0.2) is 0 Å². The van der Waals surface area contributed by atoms with Crippen LogP contribution in [0.25, 0.3) is 65.8 Å². The third-order valence-electron chi connectivity index (χ3n) is 9.65. The molecular weight excluding hydrogens is 871 g/mol. The topological polar surface area (TPSA) is 51.8 Å². The third kappa shape index (κ3) is 8.83. The number of benzene rings is 4. The van der Waals surface area contributed by atoms with Gasteiger partial charge in [-0.05, 0) is 76.0 Å². The Bertz CT molecular complexity index is 2580. The van der Waals surface area contributed by atoms with Crippen LogP contribution in [-0.4, -0.2) is 15.0 Å². The Kier molecular flexibility index (Phi) is 11.6. The van der Waals surface area contributed by atoms with Crippen LogP contribution in [0.2, 0.25) is 0 Å². The average molecular weight is 920 g/mol. The molecule has 8 aromatic rings. The molecule has 4 nitrogen and oxygen atoms in total. The van der Waals surface area contributed by atoms with Crippen molar-refractivity contribution in [1.82, 2.24) is 15.0 Å². The summed E-state index contributed by atoms with van der Waals surface area (Å²) in [5.74, 6) is 0.437. The van der Waals surface area contributed by atoms with Gasteiger partial charge >= 0.3 is 0 Å². The van der Waals surface area contributed by atoms with Crippen molar-refractivity contribution in [3.63, 3.8) is 0 Å². The zero-order chi connectivity index (χ0) is 38.4. The first-order chi connectivity index (χ1) is 25.6. The summed E-state index contributed by atoms with van der Waals surface area (Å²) >= 11 is 1.75. The van der Waals surface area contributed by atoms with Crippen LogP contribution >= 0.6 is 11.3 Å². The molecule has 0 fully saturated rings. The molecule has 1 radical (unpaired) electrons. The molecule has 0 bridgehead atoms. The van der Waals surface area contributed by atoms with Crippen LogP contribution in [0.3, 0.4) is 0 Å². The summed E-state index contributed by atoms with van der Waals surface area (Å²) in [5.41, 5.74) is 14.3. The van der Waals surface area contributed by atoms with Crippen LogP contribution in [0.5, 0.6) is 0 Å². The number of nitrogens with zero attached hydrogens (tertiary/aromatic N) is 3. The molecule has 4 aromatic heterocycles. The number of hydrogen-bond acceptors (Lipinski definition) is 5. The van der Waals surface area contributed by atoms with Gasteiger partial charge in [-0.15, -0.1) is 64.9 Å². The standard InChI is InChI=1S/C26H25N2OS.C23H24N.Ir/c1-14(2)19-12-20(27-13-15(19)3)18-9-7-8-16-17-10-11-21-22(24(17)29-23(16)18)28-25(30-21)26(4,5)6;1-17-5-9-20(10-6-17)22-15-21(13-14-24-22)19-11-7-18(8-12-19)16-23(2,3)4;/h7-8,10-14H,1-6H3;5-9,11-15H,16H2,1-4H3;/q2*-1;. The zero-order valence-corrected chi connectivity index (χ0v) is 36.7. The Morgan fingerprint density at radius 2 is 1.51 bits per heavy atom. The summed E-state index contributed by atoms with van der Waals surface area (Å²) in [6, 6.07) is 36.5. The summed E-state index contributed by atoms with van der Waals surface area (Å²) in [6.07, 6.45) is 4.92. The van der Waals surface area contributed by atoms with E-state index in [9.17, 15) is 0 Å². The molecule has 0 unspecified atom stereocenters. The second kappa shape index (κ2) is 15.9. The van der Waals surface area contributed by atoms with Crippen LogP contribution < -0.4 is 0 Å². The fourth-order valence-electron chi connectivity index (χ4n) is 6.85. The fourth-order valence-corrected chi connectivity index (χ4v) is 7.87. The van der Waals surface area contributed by atoms with Crippen molar-refractivity contribution in [1.29, 1.82) is 0 Å². The molecule has 4 aromatic carbocycles. The summed E-state index contributed by atoms with van der Waals surface area (Å²) < 4.78 is 7.64. The second-order valence-electron chi connectivity index (χ2n) is 17.0. The molecular formula is C49H49IrN3OS-2. The van der Waals surface area contributed by atoms with Gasteiger partial charge in [-0.1, -0.05) is 116 Å². The summed E-state index contributed by atoms with van der Waals surface area (Å²) in [6.45, 7) is 22.0. The van der Waals surface area contributed by atoms with E-state index in [0.29, 0.717) is 11.3 Å². The maximum absolute atomic E-state index is 6.48. The Hall–Kier alpha value is -4.48. The summed E-state index contributed by atoms with van der Waals surface area (Å²) in [7, 11) is 0. The first kappa shape index (κ1) is 40.2. The van der Waals surface area contributed by atoms with Gasteiger partial charge < -0.3 is 14.4 Å². The molecule has 0 saturated heterocycles. The molecule has 0 N–H and O–H groups in total.